The van der Waals surface area contributed by atoms with Crippen LogP contribution in [0.4, 0.5) is 0 Å². The van der Waals surface area contributed by atoms with Gasteiger partial charge < -0.3 is 0 Å². The van der Waals surface area contributed by atoms with Crippen molar-refractivity contribution in [2.24, 2.45) is 4.99 Å². The van der Waals surface area contributed by atoms with Gasteiger partial charge in [-0.15, -0.1) is 13.0 Å². The van der Waals surface area contributed by atoms with Gasteiger partial charge in [0.2, 0.25) is 0 Å². The van der Waals surface area contributed by atoms with Crippen molar-refractivity contribution in [3.8, 4) is 12.3 Å². The van der Waals surface area contributed by atoms with E-state index in [0.29, 0.717) is 0 Å². The first-order chi connectivity index (χ1) is 7.81. The van der Waals surface area contributed by atoms with Crippen LogP contribution in [0.25, 0.3) is 0 Å². The average Bonchev–Trinajstić information content (AvgIpc) is 2.34. The third-order valence-corrected chi connectivity index (χ3v) is 2.44. The van der Waals surface area contributed by atoms with Crippen LogP contribution in [-0.2, 0) is 6.54 Å². The Balaban J connectivity index is 2.77. The van der Waals surface area contributed by atoms with Crippen LogP contribution >= 0.6 is 0 Å². The average molecular weight is 211 g/mol. The molecule has 0 aromatic heterocycles. The van der Waals surface area contributed by atoms with Crippen molar-refractivity contribution in [3.63, 3.8) is 0 Å². The summed E-state index contributed by atoms with van der Waals surface area (Å²) < 4.78 is 0. The standard InChI is InChI=1S/C15H17N/c1-4-7-14(5-2)15-10-8-13(9-11-15)12-16-6-3/h2,4,6,8-11,14H,1,7,12H2,3H3. The van der Waals surface area contributed by atoms with E-state index < -0.39 is 0 Å². The van der Waals surface area contributed by atoms with Gasteiger partial charge in [0.25, 0.3) is 0 Å². The van der Waals surface area contributed by atoms with E-state index in [1.165, 1.54) is 11.1 Å². The van der Waals surface area contributed by atoms with Crippen LogP contribution in [-0.4, -0.2) is 6.21 Å². The van der Waals surface area contributed by atoms with Gasteiger partial charge in [-0.05, 0) is 30.7 Å². The van der Waals surface area contributed by atoms with Crippen LogP contribution in [0.2, 0.25) is 0 Å². The number of allylic oxidation sites excluding steroid dienone is 1. The molecule has 0 bridgehead atoms. The molecule has 1 atom stereocenters. The zero-order valence-corrected chi connectivity index (χ0v) is 9.69. The van der Waals surface area contributed by atoms with E-state index in [2.05, 4.69) is 41.8 Å². The van der Waals surface area contributed by atoms with Crippen LogP contribution in [0.3, 0.4) is 0 Å². The van der Waals surface area contributed by atoms with E-state index in [9.17, 15) is 0 Å². The van der Waals surface area contributed by atoms with Crippen LogP contribution < -0.4 is 0 Å². The molecule has 0 aliphatic carbocycles. The van der Waals surface area contributed by atoms with Crippen LogP contribution in [0, 0.1) is 12.3 Å². The summed E-state index contributed by atoms with van der Waals surface area (Å²) in [6.45, 7) is 6.38. The van der Waals surface area contributed by atoms with Gasteiger partial charge in [0.1, 0.15) is 0 Å². The summed E-state index contributed by atoms with van der Waals surface area (Å²) in [7, 11) is 0. The van der Waals surface area contributed by atoms with E-state index in [1.54, 1.807) is 0 Å². The molecule has 0 heterocycles. The van der Waals surface area contributed by atoms with Gasteiger partial charge in [-0.1, -0.05) is 36.3 Å². The monoisotopic (exact) mass is 211 g/mol. The van der Waals surface area contributed by atoms with E-state index >= 15 is 0 Å². The van der Waals surface area contributed by atoms with Gasteiger partial charge in [0.05, 0.1) is 6.54 Å². The van der Waals surface area contributed by atoms with E-state index in [-0.39, 0.29) is 5.92 Å². The van der Waals surface area contributed by atoms with Crippen LogP contribution in [0.5, 0.6) is 0 Å². The second-order valence-corrected chi connectivity index (χ2v) is 3.58. The van der Waals surface area contributed by atoms with E-state index in [1.807, 2.05) is 19.2 Å². The Hall–Kier alpha value is -1.81. The Bertz CT molecular complexity index is 392. The number of nitrogens with zero attached hydrogens (tertiary/aromatic N) is 1. The van der Waals surface area contributed by atoms with Gasteiger partial charge in [-0.25, -0.2) is 0 Å². The molecule has 1 nitrogen and oxygen atoms in total. The zero-order valence-electron chi connectivity index (χ0n) is 9.69. The summed E-state index contributed by atoms with van der Waals surface area (Å²) >= 11 is 0. The maximum Gasteiger partial charge on any atom is 0.0635 e. The minimum atomic E-state index is 0.140. The van der Waals surface area contributed by atoms with Crippen molar-refractivity contribution in [1.82, 2.24) is 0 Å². The van der Waals surface area contributed by atoms with Gasteiger partial charge >= 0.3 is 0 Å². The maximum atomic E-state index is 5.49. The summed E-state index contributed by atoms with van der Waals surface area (Å²) in [5.74, 6) is 2.92. The van der Waals surface area contributed by atoms with Crippen molar-refractivity contribution in [1.29, 1.82) is 0 Å². The molecule has 0 aliphatic rings. The SMILES string of the molecule is C#CC(CC=C)c1ccc(CN=CC)cc1. The molecule has 0 N–H and O–H groups in total. The summed E-state index contributed by atoms with van der Waals surface area (Å²) in [6, 6.07) is 8.31. The Kier molecular flexibility index (Phi) is 5.08. The van der Waals surface area contributed by atoms with Crippen LogP contribution in [0.1, 0.15) is 30.4 Å². The highest BCUT2D eigenvalue weighted by Crippen LogP contribution is 2.19. The molecule has 0 amide bonds. The molecule has 82 valence electrons. The Morgan fingerprint density at radius 2 is 2.12 bits per heavy atom. The predicted molar refractivity (Wildman–Crippen MR) is 70.7 cm³/mol. The maximum absolute atomic E-state index is 5.49. The van der Waals surface area contributed by atoms with Crippen molar-refractivity contribution >= 4 is 6.21 Å². The van der Waals surface area contributed by atoms with Gasteiger partial charge in [0.15, 0.2) is 0 Å². The molecule has 1 rings (SSSR count). The Morgan fingerprint density at radius 1 is 1.44 bits per heavy atom. The van der Waals surface area contributed by atoms with Crippen LogP contribution in [0.15, 0.2) is 41.9 Å². The highest BCUT2D eigenvalue weighted by molar-refractivity contribution is 5.53. The second kappa shape index (κ2) is 6.63. The smallest absolute Gasteiger partial charge is 0.0635 e. The number of hydrogen-bond acceptors (Lipinski definition) is 1. The van der Waals surface area contributed by atoms with Gasteiger partial charge in [-0.3, -0.25) is 4.99 Å². The number of aliphatic imine (C=N–C) groups is 1. The molecule has 1 heteroatoms. The molecule has 0 saturated heterocycles. The molecule has 0 aliphatic heterocycles. The Morgan fingerprint density at radius 3 is 2.62 bits per heavy atom. The van der Waals surface area contributed by atoms with Crippen molar-refractivity contribution < 1.29 is 0 Å². The molecule has 0 spiro atoms. The minimum Gasteiger partial charge on any atom is -0.293 e. The number of rotatable bonds is 5. The fourth-order valence-electron chi connectivity index (χ4n) is 1.52. The largest absolute Gasteiger partial charge is 0.293 e. The third kappa shape index (κ3) is 3.40. The predicted octanol–water partition coefficient (Wildman–Crippen LogP) is 3.57. The topological polar surface area (TPSA) is 12.4 Å². The van der Waals surface area contributed by atoms with Crippen molar-refractivity contribution in [2.45, 2.75) is 25.8 Å². The lowest BCUT2D eigenvalue weighted by Gasteiger charge is -2.08. The lowest BCUT2D eigenvalue weighted by atomic mass is 9.96. The van der Waals surface area contributed by atoms with Crippen molar-refractivity contribution in [2.75, 3.05) is 0 Å². The summed E-state index contributed by atoms with van der Waals surface area (Å²) in [6.07, 6.45) is 9.99. The molecule has 0 radical (unpaired) electrons. The molecule has 1 unspecified atom stereocenters. The molecular weight excluding hydrogens is 194 g/mol. The zero-order chi connectivity index (χ0) is 11.8. The number of hydrogen-bond donors (Lipinski definition) is 0. The fourth-order valence-corrected chi connectivity index (χ4v) is 1.52. The van der Waals surface area contributed by atoms with E-state index in [0.717, 1.165) is 13.0 Å². The summed E-state index contributed by atoms with van der Waals surface area (Å²) in [5, 5.41) is 0. The Labute approximate surface area is 97.9 Å². The molecule has 0 saturated carbocycles. The highest BCUT2D eigenvalue weighted by Gasteiger charge is 2.05. The summed E-state index contributed by atoms with van der Waals surface area (Å²) in [5.41, 5.74) is 2.38. The molecule has 16 heavy (non-hydrogen) atoms. The molecule has 1 aromatic carbocycles. The number of benzene rings is 1. The van der Waals surface area contributed by atoms with Gasteiger partial charge in [0, 0.05) is 5.92 Å². The third-order valence-electron chi connectivity index (χ3n) is 2.44. The molecular formula is C15H17N. The minimum absolute atomic E-state index is 0.140. The van der Waals surface area contributed by atoms with Crippen molar-refractivity contribution in [3.05, 3.63) is 48.0 Å². The number of terminal acetylenes is 1. The van der Waals surface area contributed by atoms with E-state index in [4.69, 9.17) is 6.42 Å². The highest BCUT2D eigenvalue weighted by atomic mass is 14.7. The normalized spacial score (nSPS) is 12.2. The first kappa shape index (κ1) is 12.3. The van der Waals surface area contributed by atoms with Gasteiger partial charge in [-0.2, -0.15) is 0 Å². The lowest BCUT2D eigenvalue weighted by molar-refractivity contribution is 0.893. The first-order valence-electron chi connectivity index (χ1n) is 5.42. The summed E-state index contributed by atoms with van der Waals surface area (Å²) in [4.78, 5) is 4.19. The first-order valence-corrected chi connectivity index (χ1v) is 5.42. The second-order valence-electron chi connectivity index (χ2n) is 3.58. The quantitative estimate of drug-likeness (QED) is 0.401. The fraction of sp³-hybridized carbons (Fsp3) is 0.267. The lowest BCUT2D eigenvalue weighted by Crippen LogP contribution is -1.94. The molecule has 0 fully saturated rings. The molecule has 1 aromatic rings.